The zero-order chi connectivity index (χ0) is 9.84. The van der Waals surface area contributed by atoms with Crippen molar-refractivity contribution < 1.29 is 9.18 Å². The average molecular weight is 182 g/mol. The van der Waals surface area contributed by atoms with Gasteiger partial charge in [-0.1, -0.05) is 6.07 Å². The van der Waals surface area contributed by atoms with Gasteiger partial charge in [0.05, 0.1) is 5.69 Å². The van der Waals surface area contributed by atoms with Crippen LogP contribution in [0.2, 0.25) is 0 Å². The van der Waals surface area contributed by atoms with Gasteiger partial charge in [-0.05, 0) is 24.1 Å². The van der Waals surface area contributed by atoms with Gasteiger partial charge in [0.2, 0.25) is 6.41 Å². The fourth-order valence-electron chi connectivity index (χ4n) is 1.08. The van der Waals surface area contributed by atoms with E-state index in [0.29, 0.717) is 18.5 Å². The van der Waals surface area contributed by atoms with E-state index in [1.165, 1.54) is 6.07 Å². The van der Waals surface area contributed by atoms with Crippen LogP contribution in [-0.2, 0) is 11.3 Å². The Labute approximate surface area is 75.7 Å². The summed E-state index contributed by atoms with van der Waals surface area (Å²) in [5, 5.41) is 2.49. The second-order valence-corrected chi connectivity index (χ2v) is 2.74. The number of benzene rings is 1. The minimum Gasteiger partial charge on any atom is -0.396 e. The number of nitrogen functional groups attached to an aromatic ring is 1. The number of nitrogens with one attached hydrogen (secondary N) is 1. The van der Waals surface area contributed by atoms with Crippen molar-refractivity contribution in [3.63, 3.8) is 0 Å². The van der Waals surface area contributed by atoms with Gasteiger partial charge in [0.25, 0.3) is 0 Å². The van der Waals surface area contributed by atoms with E-state index in [9.17, 15) is 9.18 Å². The fourth-order valence-corrected chi connectivity index (χ4v) is 1.08. The van der Waals surface area contributed by atoms with Crippen molar-refractivity contribution in [2.24, 2.45) is 0 Å². The Morgan fingerprint density at radius 2 is 2.31 bits per heavy atom. The molecule has 0 bridgehead atoms. The number of rotatable bonds is 3. The molecule has 0 saturated heterocycles. The molecule has 70 valence electrons. The first-order valence-electron chi connectivity index (χ1n) is 3.87. The van der Waals surface area contributed by atoms with Gasteiger partial charge >= 0.3 is 0 Å². The van der Waals surface area contributed by atoms with Gasteiger partial charge in [-0.2, -0.15) is 0 Å². The molecule has 0 saturated carbocycles. The Kier molecular flexibility index (Phi) is 2.84. The summed E-state index contributed by atoms with van der Waals surface area (Å²) in [6, 6.07) is 2.90. The second kappa shape index (κ2) is 3.89. The lowest BCUT2D eigenvalue weighted by Gasteiger charge is -2.08. The van der Waals surface area contributed by atoms with Crippen molar-refractivity contribution in [2.45, 2.75) is 13.5 Å². The topological polar surface area (TPSA) is 55.1 Å². The highest BCUT2D eigenvalue weighted by atomic mass is 19.1. The molecule has 0 aromatic heterocycles. The van der Waals surface area contributed by atoms with E-state index >= 15 is 0 Å². The predicted molar refractivity (Wildman–Crippen MR) is 48.5 cm³/mol. The van der Waals surface area contributed by atoms with Crippen molar-refractivity contribution in [2.75, 3.05) is 5.73 Å². The van der Waals surface area contributed by atoms with Crippen molar-refractivity contribution in [3.05, 3.63) is 29.1 Å². The molecule has 0 aliphatic carbocycles. The maximum Gasteiger partial charge on any atom is 0.207 e. The summed E-state index contributed by atoms with van der Waals surface area (Å²) < 4.78 is 12.9. The van der Waals surface area contributed by atoms with Crippen molar-refractivity contribution in [1.82, 2.24) is 5.32 Å². The molecule has 3 N–H and O–H groups in total. The van der Waals surface area contributed by atoms with Gasteiger partial charge in [0, 0.05) is 6.54 Å². The quantitative estimate of drug-likeness (QED) is 0.540. The highest BCUT2D eigenvalue weighted by Gasteiger charge is 2.05. The molecular weight excluding hydrogens is 171 g/mol. The third-order valence-electron chi connectivity index (χ3n) is 1.95. The monoisotopic (exact) mass is 182 g/mol. The molecular formula is C9H11FN2O. The van der Waals surface area contributed by atoms with Crippen LogP contribution in [0.4, 0.5) is 10.1 Å². The van der Waals surface area contributed by atoms with Gasteiger partial charge in [0.15, 0.2) is 0 Å². The van der Waals surface area contributed by atoms with E-state index in [1.807, 2.05) is 0 Å². The zero-order valence-electron chi connectivity index (χ0n) is 7.30. The molecule has 0 unspecified atom stereocenters. The number of carbonyl (C=O) groups excluding carboxylic acids is 1. The van der Waals surface area contributed by atoms with Crippen LogP contribution < -0.4 is 11.1 Å². The minimum absolute atomic E-state index is 0.144. The van der Waals surface area contributed by atoms with Crippen LogP contribution in [0, 0.1) is 12.7 Å². The van der Waals surface area contributed by atoms with E-state index in [4.69, 9.17) is 5.73 Å². The zero-order valence-corrected chi connectivity index (χ0v) is 7.30. The summed E-state index contributed by atoms with van der Waals surface area (Å²) in [6.07, 6.45) is 0.596. The molecule has 0 spiro atoms. The van der Waals surface area contributed by atoms with E-state index in [-0.39, 0.29) is 5.69 Å². The molecule has 0 radical (unpaired) electrons. The molecule has 1 amide bonds. The Morgan fingerprint density at radius 3 is 2.92 bits per heavy atom. The largest absolute Gasteiger partial charge is 0.396 e. The third-order valence-corrected chi connectivity index (χ3v) is 1.95. The molecule has 0 aliphatic heterocycles. The van der Waals surface area contributed by atoms with Gasteiger partial charge in [-0.25, -0.2) is 4.39 Å². The van der Waals surface area contributed by atoms with Crippen molar-refractivity contribution >= 4 is 12.1 Å². The predicted octanol–water partition coefficient (Wildman–Crippen LogP) is 0.962. The van der Waals surface area contributed by atoms with Crippen molar-refractivity contribution in [1.29, 1.82) is 0 Å². The first-order valence-corrected chi connectivity index (χ1v) is 3.87. The number of nitrogens with two attached hydrogens (primary N) is 1. The van der Waals surface area contributed by atoms with Gasteiger partial charge in [-0.15, -0.1) is 0 Å². The van der Waals surface area contributed by atoms with E-state index in [1.54, 1.807) is 13.0 Å². The van der Waals surface area contributed by atoms with Gasteiger partial charge in [-0.3, -0.25) is 4.79 Å². The van der Waals surface area contributed by atoms with E-state index in [2.05, 4.69) is 5.32 Å². The molecule has 0 heterocycles. The molecule has 13 heavy (non-hydrogen) atoms. The second-order valence-electron chi connectivity index (χ2n) is 2.74. The number of anilines is 1. The van der Waals surface area contributed by atoms with Crippen LogP contribution >= 0.6 is 0 Å². The molecule has 1 rings (SSSR count). The Morgan fingerprint density at radius 1 is 1.62 bits per heavy atom. The van der Waals surface area contributed by atoms with Crippen LogP contribution in [0.3, 0.4) is 0 Å². The number of hydrogen-bond acceptors (Lipinski definition) is 2. The third kappa shape index (κ3) is 1.96. The first-order chi connectivity index (χ1) is 6.16. The van der Waals surface area contributed by atoms with E-state index < -0.39 is 5.82 Å². The molecule has 0 aliphatic rings. The Balaban J connectivity index is 2.96. The average Bonchev–Trinajstić information content (AvgIpc) is 2.13. The maximum atomic E-state index is 12.9. The number of amides is 1. The minimum atomic E-state index is -0.424. The molecule has 1 aromatic carbocycles. The van der Waals surface area contributed by atoms with Gasteiger partial charge in [0.1, 0.15) is 5.82 Å². The smallest absolute Gasteiger partial charge is 0.207 e. The fraction of sp³-hybridized carbons (Fsp3) is 0.222. The van der Waals surface area contributed by atoms with Crippen LogP contribution in [0.1, 0.15) is 11.1 Å². The highest BCUT2D eigenvalue weighted by Crippen LogP contribution is 2.19. The first kappa shape index (κ1) is 9.51. The molecule has 3 nitrogen and oxygen atoms in total. The Bertz CT molecular complexity index is 326. The standard InChI is InChI=1S/C9H11FN2O/c1-6-7(4-12-5-13)2-3-8(10)9(6)11/h2-3,5H,4,11H2,1H3,(H,12,13). The Hall–Kier alpha value is -1.58. The lowest BCUT2D eigenvalue weighted by Crippen LogP contribution is -2.12. The van der Waals surface area contributed by atoms with E-state index in [0.717, 1.165) is 5.56 Å². The molecule has 0 fully saturated rings. The summed E-state index contributed by atoms with van der Waals surface area (Å²) in [7, 11) is 0. The normalized spacial score (nSPS) is 9.69. The molecule has 4 heteroatoms. The van der Waals surface area contributed by atoms with Crippen LogP contribution in [0.25, 0.3) is 0 Å². The SMILES string of the molecule is Cc1c(CNC=O)ccc(F)c1N. The van der Waals surface area contributed by atoms with Crippen molar-refractivity contribution in [3.8, 4) is 0 Å². The number of carbonyl (C=O) groups is 1. The van der Waals surface area contributed by atoms with Crippen LogP contribution in [-0.4, -0.2) is 6.41 Å². The molecule has 0 atom stereocenters. The summed E-state index contributed by atoms with van der Waals surface area (Å²) in [5.74, 6) is -0.424. The summed E-state index contributed by atoms with van der Waals surface area (Å²) in [5.41, 5.74) is 7.11. The summed E-state index contributed by atoms with van der Waals surface area (Å²) in [4.78, 5) is 10.0. The number of halogens is 1. The van der Waals surface area contributed by atoms with Gasteiger partial charge < -0.3 is 11.1 Å². The van der Waals surface area contributed by atoms with Crippen LogP contribution in [0.15, 0.2) is 12.1 Å². The van der Waals surface area contributed by atoms with Crippen LogP contribution in [0.5, 0.6) is 0 Å². The highest BCUT2D eigenvalue weighted by molar-refractivity contribution is 5.53. The summed E-state index contributed by atoms with van der Waals surface area (Å²) >= 11 is 0. The molecule has 1 aromatic rings. The number of hydrogen-bond donors (Lipinski definition) is 2. The summed E-state index contributed by atoms with van der Waals surface area (Å²) in [6.45, 7) is 2.10. The maximum absolute atomic E-state index is 12.9. The lowest BCUT2D eigenvalue weighted by molar-refractivity contribution is -0.109. The lowest BCUT2D eigenvalue weighted by atomic mass is 10.1.